The highest BCUT2D eigenvalue weighted by Gasteiger charge is 2.25. The number of pyridine rings is 1. The lowest BCUT2D eigenvalue weighted by atomic mass is 10.1. The summed E-state index contributed by atoms with van der Waals surface area (Å²) in [5, 5.41) is 13.0. The fourth-order valence-electron chi connectivity index (χ4n) is 3.24. The van der Waals surface area contributed by atoms with Crippen molar-refractivity contribution in [1.29, 1.82) is 0 Å². The largest absolute Gasteiger partial charge is 0.394 e. The van der Waals surface area contributed by atoms with Crippen LogP contribution in [0.2, 0.25) is 0 Å². The lowest BCUT2D eigenvalue weighted by Gasteiger charge is -2.29. The highest BCUT2D eigenvalue weighted by molar-refractivity contribution is 5.56. The standard InChI is InChI=1S/C16H24N4O/c1-17-11-14-16(18-15-8-4-6-10-20(14)15)19-9-5-2-3-7-13(19)12-21/h4,6,8,10,13,17,21H,2-3,5,7,9,11-12H2,1H3. The van der Waals surface area contributed by atoms with Crippen molar-refractivity contribution in [3.8, 4) is 0 Å². The lowest BCUT2D eigenvalue weighted by molar-refractivity contribution is 0.254. The van der Waals surface area contributed by atoms with Gasteiger partial charge in [0.15, 0.2) is 5.82 Å². The van der Waals surface area contributed by atoms with E-state index < -0.39 is 0 Å². The number of hydrogen-bond acceptors (Lipinski definition) is 4. The summed E-state index contributed by atoms with van der Waals surface area (Å²) in [5.74, 6) is 1.02. The summed E-state index contributed by atoms with van der Waals surface area (Å²) in [6.45, 7) is 1.95. The van der Waals surface area contributed by atoms with Crippen LogP contribution in [0, 0.1) is 0 Å². The van der Waals surface area contributed by atoms with Crippen LogP contribution in [0.5, 0.6) is 0 Å². The van der Waals surface area contributed by atoms with Crippen LogP contribution in [-0.4, -0.2) is 40.7 Å². The van der Waals surface area contributed by atoms with Crippen molar-refractivity contribution in [2.75, 3.05) is 25.1 Å². The van der Waals surface area contributed by atoms with Crippen molar-refractivity contribution in [1.82, 2.24) is 14.7 Å². The normalized spacial score (nSPS) is 19.9. The molecule has 5 nitrogen and oxygen atoms in total. The Hall–Kier alpha value is -1.59. The Morgan fingerprint density at radius 1 is 1.33 bits per heavy atom. The average molecular weight is 288 g/mol. The highest BCUT2D eigenvalue weighted by atomic mass is 16.3. The monoisotopic (exact) mass is 288 g/mol. The fraction of sp³-hybridized carbons (Fsp3) is 0.562. The highest BCUT2D eigenvalue weighted by Crippen LogP contribution is 2.27. The number of nitrogens with zero attached hydrogens (tertiary/aromatic N) is 3. The van der Waals surface area contributed by atoms with E-state index in [2.05, 4.69) is 20.8 Å². The molecule has 0 aromatic carbocycles. The van der Waals surface area contributed by atoms with Crippen LogP contribution in [0.4, 0.5) is 5.82 Å². The number of aliphatic hydroxyl groups is 1. The molecule has 3 heterocycles. The number of fused-ring (bicyclic) bond motifs is 1. The van der Waals surface area contributed by atoms with Gasteiger partial charge in [-0.15, -0.1) is 0 Å². The molecule has 1 aliphatic heterocycles. The van der Waals surface area contributed by atoms with Crippen LogP contribution in [0.1, 0.15) is 31.4 Å². The Morgan fingerprint density at radius 3 is 3.05 bits per heavy atom. The first-order valence-corrected chi connectivity index (χ1v) is 7.83. The number of imidazole rings is 1. The van der Waals surface area contributed by atoms with Gasteiger partial charge in [0.2, 0.25) is 0 Å². The molecule has 5 heteroatoms. The summed E-state index contributed by atoms with van der Waals surface area (Å²) in [6.07, 6.45) is 6.70. The molecule has 2 N–H and O–H groups in total. The van der Waals surface area contributed by atoms with Gasteiger partial charge in [-0.1, -0.05) is 18.9 Å². The molecule has 0 saturated carbocycles. The van der Waals surface area contributed by atoms with Crippen molar-refractivity contribution in [3.63, 3.8) is 0 Å². The molecular formula is C16H24N4O. The van der Waals surface area contributed by atoms with Crippen molar-refractivity contribution >= 4 is 11.5 Å². The second kappa shape index (κ2) is 6.45. The molecule has 2 aromatic heterocycles. The van der Waals surface area contributed by atoms with Crippen LogP contribution in [0.3, 0.4) is 0 Å². The van der Waals surface area contributed by atoms with Crippen molar-refractivity contribution < 1.29 is 5.11 Å². The van der Waals surface area contributed by atoms with Gasteiger partial charge in [-0.3, -0.25) is 0 Å². The molecule has 2 aromatic rings. The van der Waals surface area contributed by atoms with Crippen LogP contribution in [0.25, 0.3) is 5.65 Å². The van der Waals surface area contributed by atoms with Gasteiger partial charge in [-0.05, 0) is 32.0 Å². The van der Waals surface area contributed by atoms with Gasteiger partial charge < -0.3 is 19.7 Å². The van der Waals surface area contributed by atoms with Gasteiger partial charge >= 0.3 is 0 Å². The molecule has 3 rings (SSSR count). The van der Waals surface area contributed by atoms with Gasteiger partial charge in [-0.25, -0.2) is 4.98 Å². The predicted molar refractivity (Wildman–Crippen MR) is 84.6 cm³/mol. The maximum absolute atomic E-state index is 9.75. The van der Waals surface area contributed by atoms with Gasteiger partial charge in [0, 0.05) is 19.3 Å². The molecule has 0 amide bonds. The third kappa shape index (κ3) is 2.76. The summed E-state index contributed by atoms with van der Waals surface area (Å²) in [7, 11) is 1.96. The Bertz CT molecular complexity index is 595. The van der Waals surface area contributed by atoms with E-state index in [4.69, 9.17) is 4.98 Å². The fourth-order valence-corrected chi connectivity index (χ4v) is 3.24. The minimum atomic E-state index is 0.188. The molecule has 114 valence electrons. The topological polar surface area (TPSA) is 52.8 Å². The molecule has 1 aliphatic rings. The lowest BCUT2D eigenvalue weighted by Crippen LogP contribution is -2.38. The number of aromatic nitrogens is 2. The minimum Gasteiger partial charge on any atom is -0.394 e. The summed E-state index contributed by atoms with van der Waals surface area (Å²) in [5.41, 5.74) is 2.15. The molecule has 0 radical (unpaired) electrons. The quantitative estimate of drug-likeness (QED) is 0.901. The number of rotatable bonds is 4. The summed E-state index contributed by atoms with van der Waals surface area (Å²) in [6, 6.07) is 6.27. The predicted octanol–water partition coefficient (Wildman–Crippen LogP) is 1.79. The van der Waals surface area contributed by atoms with E-state index in [0.717, 1.165) is 31.0 Å². The first kappa shape index (κ1) is 14.4. The number of aliphatic hydroxyl groups excluding tert-OH is 1. The van der Waals surface area contributed by atoms with E-state index >= 15 is 0 Å². The van der Waals surface area contributed by atoms with Crippen molar-refractivity contribution in [3.05, 3.63) is 30.1 Å². The molecule has 21 heavy (non-hydrogen) atoms. The zero-order chi connectivity index (χ0) is 14.7. The van der Waals surface area contributed by atoms with Crippen LogP contribution in [0.15, 0.2) is 24.4 Å². The smallest absolute Gasteiger partial charge is 0.152 e. The number of anilines is 1. The first-order chi connectivity index (χ1) is 10.3. The molecule has 1 saturated heterocycles. The minimum absolute atomic E-state index is 0.188. The Kier molecular flexibility index (Phi) is 4.41. The zero-order valence-electron chi connectivity index (χ0n) is 12.6. The van der Waals surface area contributed by atoms with Gasteiger partial charge in [0.25, 0.3) is 0 Å². The second-order valence-electron chi connectivity index (χ2n) is 5.72. The van der Waals surface area contributed by atoms with Crippen molar-refractivity contribution in [2.24, 2.45) is 0 Å². The Balaban J connectivity index is 2.06. The SMILES string of the molecule is CNCc1c(N2CCCCCC2CO)nc2ccccn12. The van der Waals surface area contributed by atoms with E-state index in [0.29, 0.717) is 0 Å². The van der Waals surface area contributed by atoms with E-state index in [9.17, 15) is 5.11 Å². The van der Waals surface area contributed by atoms with Crippen LogP contribution in [-0.2, 0) is 6.54 Å². The molecule has 0 aliphatic carbocycles. The van der Waals surface area contributed by atoms with Crippen LogP contribution < -0.4 is 10.2 Å². The maximum Gasteiger partial charge on any atom is 0.152 e. The second-order valence-corrected chi connectivity index (χ2v) is 5.72. The summed E-state index contributed by atoms with van der Waals surface area (Å²) in [4.78, 5) is 7.14. The van der Waals surface area contributed by atoms with Crippen LogP contribution >= 0.6 is 0 Å². The average Bonchev–Trinajstić information content (AvgIpc) is 2.71. The first-order valence-electron chi connectivity index (χ1n) is 7.83. The van der Waals surface area contributed by atoms with Gasteiger partial charge in [-0.2, -0.15) is 0 Å². The molecular weight excluding hydrogens is 264 g/mol. The van der Waals surface area contributed by atoms with E-state index in [1.54, 1.807) is 0 Å². The third-order valence-electron chi connectivity index (χ3n) is 4.31. The molecule has 1 unspecified atom stereocenters. The molecule has 1 fully saturated rings. The Labute approximate surface area is 125 Å². The number of hydrogen-bond donors (Lipinski definition) is 2. The summed E-state index contributed by atoms with van der Waals surface area (Å²) < 4.78 is 2.14. The molecule has 0 spiro atoms. The summed E-state index contributed by atoms with van der Waals surface area (Å²) >= 11 is 0. The molecule has 0 bridgehead atoms. The third-order valence-corrected chi connectivity index (χ3v) is 4.31. The molecule has 1 atom stereocenters. The van der Waals surface area contributed by atoms with Gasteiger partial charge in [0.1, 0.15) is 5.65 Å². The van der Waals surface area contributed by atoms with E-state index in [1.807, 2.05) is 25.2 Å². The Morgan fingerprint density at radius 2 is 2.24 bits per heavy atom. The maximum atomic E-state index is 9.75. The van der Waals surface area contributed by atoms with E-state index in [1.165, 1.54) is 25.0 Å². The van der Waals surface area contributed by atoms with E-state index in [-0.39, 0.29) is 12.6 Å². The van der Waals surface area contributed by atoms with Gasteiger partial charge in [0.05, 0.1) is 18.3 Å². The van der Waals surface area contributed by atoms with Crippen molar-refractivity contribution in [2.45, 2.75) is 38.3 Å². The number of nitrogens with one attached hydrogen (secondary N) is 1. The zero-order valence-corrected chi connectivity index (χ0v) is 12.6.